The van der Waals surface area contributed by atoms with Gasteiger partial charge in [0.05, 0.1) is 6.10 Å². The van der Waals surface area contributed by atoms with Crippen LogP contribution >= 0.6 is 0 Å². The van der Waals surface area contributed by atoms with E-state index < -0.39 is 0 Å². The Hall–Kier alpha value is -1.28. The van der Waals surface area contributed by atoms with E-state index in [-0.39, 0.29) is 12.2 Å². The molecule has 0 amide bonds. The summed E-state index contributed by atoms with van der Waals surface area (Å²) in [7, 11) is 0. The average molecular weight is 190 g/mol. The molecule has 1 aliphatic carbocycles. The Balaban J connectivity index is 2.03. The first-order valence-electron chi connectivity index (χ1n) is 4.93. The molecule has 0 bridgehead atoms. The first-order valence-corrected chi connectivity index (χ1v) is 4.93. The topological polar surface area (TPSA) is 29.5 Å². The molecule has 2 nitrogen and oxygen atoms in total. The molecule has 0 heterocycles. The number of hydrogen-bond acceptors (Lipinski definition) is 2. The van der Waals surface area contributed by atoms with E-state index in [1.54, 1.807) is 0 Å². The second-order valence-electron chi connectivity index (χ2n) is 3.47. The minimum Gasteiger partial charge on any atom is -0.484 e. The first-order chi connectivity index (χ1) is 6.86. The fraction of sp³-hybridized carbons (Fsp3) is 0.333. The largest absolute Gasteiger partial charge is 0.484 e. The molecule has 1 aromatic rings. The molecule has 2 atom stereocenters. The van der Waals surface area contributed by atoms with Gasteiger partial charge in [0.2, 0.25) is 0 Å². The maximum atomic E-state index is 9.65. The summed E-state index contributed by atoms with van der Waals surface area (Å²) < 4.78 is 5.63. The summed E-state index contributed by atoms with van der Waals surface area (Å²) in [6, 6.07) is 9.59. The third-order valence-corrected chi connectivity index (χ3v) is 2.35. The second-order valence-corrected chi connectivity index (χ2v) is 3.47. The molecule has 1 aromatic carbocycles. The summed E-state index contributed by atoms with van der Waals surface area (Å²) >= 11 is 0. The van der Waals surface area contributed by atoms with Gasteiger partial charge in [-0.1, -0.05) is 24.3 Å². The zero-order chi connectivity index (χ0) is 9.80. The number of rotatable bonds is 2. The Bertz CT molecular complexity index is 305. The maximum absolute atomic E-state index is 9.65. The van der Waals surface area contributed by atoms with Crippen LogP contribution in [0.1, 0.15) is 12.8 Å². The number of hydrogen-bond donors (Lipinski definition) is 1. The zero-order valence-electron chi connectivity index (χ0n) is 7.97. The SMILES string of the molecule is O[C@@H]1CCC=C[C@H]1Oc1ccccc1. The molecule has 0 radical (unpaired) electrons. The van der Waals surface area contributed by atoms with Crippen molar-refractivity contribution in [3.8, 4) is 5.75 Å². The van der Waals surface area contributed by atoms with Gasteiger partial charge in [-0.15, -0.1) is 0 Å². The normalized spacial score (nSPS) is 26.1. The number of benzene rings is 1. The highest BCUT2D eigenvalue weighted by Crippen LogP contribution is 2.18. The highest BCUT2D eigenvalue weighted by molar-refractivity contribution is 5.22. The number of aliphatic hydroxyl groups is 1. The lowest BCUT2D eigenvalue weighted by Gasteiger charge is -2.23. The summed E-state index contributed by atoms with van der Waals surface area (Å²) in [5, 5.41) is 9.65. The highest BCUT2D eigenvalue weighted by Gasteiger charge is 2.20. The van der Waals surface area contributed by atoms with Crippen molar-refractivity contribution in [2.24, 2.45) is 0 Å². The third-order valence-electron chi connectivity index (χ3n) is 2.35. The fourth-order valence-electron chi connectivity index (χ4n) is 1.56. The first kappa shape index (κ1) is 9.28. The van der Waals surface area contributed by atoms with Gasteiger partial charge in [-0.05, 0) is 31.1 Å². The van der Waals surface area contributed by atoms with Gasteiger partial charge in [0, 0.05) is 0 Å². The summed E-state index contributed by atoms with van der Waals surface area (Å²) in [4.78, 5) is 0. The lowest BCUT2D eigenvalue weighted by atomic mass is 10.0. The van der Waals surface area contributed by atoms with Gasteiger partial charge in [0.1, 0.15) is 11.9 Å². The number of allylic oxidation sites excluding steroid dienone is 1. The van der Waals surface area contributed by atoms with E-state index in [1.807, 2.05) is 36.4 Å². The van der Waals surface area contributed by atoms with Gasteiger partial charge in [-0.2, -0.15) is 0 Å². The van der Waals surface area contributed by atoms with E-state index in [4.69, 9.17) is 4.74 Å². The number of ether oxygens (including phenoxy) is 1. The molecule has 2 rings (SSSR count). The van der Waals surface area contributed by atoms with Gasteiger partial charge < -0.3 is 9.84 Å². The Morgan fingerprint density at radius 3 is 2.71 bits per heavy atom. The van der Waals surface area contributed by atoms with Gasteiger partial charge in [0.25, 0.3) is 0 Å². The molecule has 14 heavy (non-hydrogen) atoms. The maximum Gasteiger partial charge on any atom is 0.143 e. The summed E-state index contributed by atoms with van der Waals surface area (Å²) in [5.41, 5.74) is 0. The number of para-hydroxylation sites is 1. The van der Waals surface area contributed by atoms with Crippen LogP contribution in [0.5, 0.6) is 5.75 Å². The molecule has 0 spiro atoms. The Morgan fingerprint density at radius 1 is 1.21 bits per heavy atom. The quantitative estimate of drug-likeness (QED) is 0.724. The lowest BCUT2D eigenvalue weighted by Crippen LogP contribution is -2.31. The van der Waals surface area contributed by atoms with Crippen molar-refractivity contribution in [3.63, 3.8) is 0 Å². The summed E-state index contributed by atoms with van der Waals surface area (Å²) in [6.07, 6.45) is 5.15. The molecule has 2 heteroatoms. The molecule has 0 aromatic heterocycles. The van der Waals surface area contributed by atoms with E-state index in [1.165, 1.54) is 0 Å². The average Bonchev–Trinajstić information content (AvgIpc) is 2.23. The standard InChI is InChI=1S/C12H14O2/c13-11-8-4-5-9-12(11)14-10-6-2-1-3-7-10/h1-3,5-7,9,11-13H,4,8H2/t11-,12-/m1/s1. The van der Waals surface area contributed by atoms with Crippen molar-refractivity contribution in [1.29, 1.82) is 0 Å². The van der Waals surface area contributed by atoms with Crippen LogP contribution in [-0.4, -0.2) is 17.3 Å². The van der Waals surface area contributed by atoms with Gasteiger partial charge in [0.15, 0.2) is 0 Å². The monoisotopic (exact) mass is 190 g/mol. The molecule has 0 saturated heterocycles. The molecular formula is C12H14O2. The molecule has 74 valence electrons. The molecule has 1 aliphatic rings. The third kappa shape index (κ3) is 2.15. The lowest BCUT2D eigenvalue weighted by molar-refractivity contribution is 0.0535. The Labute approximate surface area is 83.8 Å². The molecule has 0 unspecified atom stereocenters. The molecule has 0 aliphatic heterocycles. The van der Waals surface area contributed by atoms with E-state index in [0.717, 1.165) is 18.6 Å². The Morgan fingerprint density at radius 2 is 2.00 bits per heavy atom. The van der Waals surface area contributed by atoms with E-state index >= 15 is 0 Å². The van der Waals surface area contributed by atoms with Crippen molar-refractivity contribution in [2.45, 2.75) is 25.0 Å². The van der Waals surface area contributed by atoms with Gasteiger partial charge in [-0.3, -0.25) is 0 Å². The van der Waals surface area contributed by atoms with E-state index in [9.17, 15) is 5.11 Å². The van der Waals surface area contributed by atoms with Crippen molar-refractivity contribution < 1.29 is 9.84 Å². The molecule has 0 fully saturated rings. The van der Waals surface area contributed by atoms with Crippen LogP contribution in [0, 0.1) is 0 Å². The van der Waals surface area contributed by atoms with Crippen LogP contribution in [0.4, 0.5) is 0 Å². The van der Waals surface area contributed by atoms with Crippen molar-refractivity contribution in [3.05, 3.63) is 42.5 Å². The van der Waals surface area contributed by atoms with Crippen LogP contribution in [0.15, 0.2) is 42.5 Å². The Kier molecular flexibility index (Phi) is 2.84. The van der Waals surface area contributed by atoms with Crippen molar-refractivity contribution in [1.82, 2.24) is 0 Å². The fourth-order valence-corrected chi connectivity index (χ4v) is 1.56. The molecule has 0 saturated carbocycles. The molecule has 1 N–H and O–H groups in total. The highest BCUT2D eigenvalue weighted by atomic mass is 16.5. The van der Waals surface area contributed by atoms with Crippen LogP contribution < -0.4 is 4.74 Å². The molecular weight excluding hydrogens is 176 g/mol. The zero-order valence-corrected chi connectivity index (χ0v) is 7.97. The van der Waals surface area contributed by atoms with Crippen LogP contribution in [0.2, 0.25) is 0 Å². The second kappa shape index (κ2) is 4.29. The summed E-state index contributed by atoms with van der Waals surface area (Å²) in [5.74, 6) is 0.808. The van der Waals surface area contributed by atoms with Crippen LogP contribution in [-0.2, 0) is 0 Å². The minimum atomic E-state index is -0.375. The van der Waals surface area contributed by atoms with Gasteiger partial charge >= 0.3 is 0 Å². The smallest absolute Gasteiger partial charge is 0.143 e. The predicted octanol–water partition coefficient (Wildman–Crippen LogP) is 2.14. The number of aliphatic hydroxyl groups excluding tert-OH is 1. The summed E-state index contributed by atoms with van der Waals surface area (Å²) in [6.45, 7) is 0. The van der Waals surface area contributed by atoms with Crippen molar-refractivity contribution in [2.75, 3.05) is 0 Å². The van der Waals surface area contributed by atoms with Gasteiger partial charge in [-0.25, -0.2) is 0 Å². The van der Waals surface area contributed by atoms with Crippen molar-refractivity contribution >= 4 is 0 Å². The van der Waals surface area contributed by atoms with Crippen LogP contribution in [0.25, 0.3) is 0 Å². The van der Waals surface area contributed by atoms with E-state index in [0.29, 0.717) is 0 Å². The minimum absolute atomic E-state index is 0.189. The van der Waals surface area contributed by atoms with E-state index in [2.05, 4.69) is 6.08 Å². The predicted molar refractivity (Wildman–Crippen MR) is 55.2 cm³/mol. The van der Waals surface area contributed by atoms with Crippen LogP contribution in [0.3, 0.4) is 0 Å².